The van der Waals surface area contributed by atoms with Gasteiger partial charge in [0.05, 0.1) is 0 Å². The van der Waals surface area contributed by atoms with Crippen LogP contribution >= 0.6 is 8.95 Å². The van der Waals surface area contributed by atoms with Crippen molar-refractivity contribution >= 4 is 33.3 Å². The number of carboxylic acids is 1. The fourth-order valence-electron chi connectivity index (χ4n) is 0.733. The molecule has 0 heterocycles. The van der Waals surface area contributed by atoms with E-state index in [0.717, 1.165) is 0 Å². The normalized spacial score (nSPS) is 13.3. The minimum absolute atomic E-state index is 0.603. The predicted molar refractivity (Wildman–Crippen MR) is 54.8 cm³/mol. The zero-order valence-electron chi connectivity index (χ0n) is 7.54. The van der Waals surface area contributed by atoms with Gasteiger partial charge in [-0.3, -0.25) is 0 Å². The summed E-state index contributed by atoms with van der Waals surface area (Å²) in [6.45, 7) is 4.38. The monoisotopic (exact) mass is 298 g/mol. The molecule has 0 aliphatic heterocycles. The van der Waals surface area contributed by atoms with Crippen LogP contribution < -0.4 is 5.73 Å². The number of carboxylic acid groups (broad SMARTS) is 1. The standard InChI is InChI=1S/C3H7NO2S.2C2H5.Sn/c4-2(1-7)3(5)6;2*1-2;/h2,7H,1,4H2,(H,5,6);2*1H2,2H3;/q;;;+1/p-1/t2-;;;/m0.../s1. The first-order valence-corrected chi connectivity index (χ1v) is 12.6. The van der Waals surface area contributed by atoms with E-state index in [9.17, 15) is 4.79 Å². The van der Waals surface area contributed by atoms with Gasteiger partial charge in [0.2, 0.25) is 0 Å². The number of hydrogen-bond donors (Lipinski definition) is 2. The third-order valence-corrected chi connectivity index (χ3v) is 15.8. The van der Waals surface area contributed by atoms with Crippen molar-refractivity contribution in [3.8, 4) is 0 Å². The van der Waals surface area contributed by atoms with Gasteiger partial charge in [0, 0.05) is 0 Å². The molecule has 0 fully saturated rings. The van der Waals surface area contributed by atoms with Gasteiger partial charge in [-0.1, -0.05) is 0 Å². The van der Waals surface area contributed by atoms with Gasteiger partial charge in [-0.05, 0) is 0 Å². The van der Waals surface area contributed by atoms with Crippen LogP contribution in [0.15, 0.2) is 0 Å². The predicted octanol–water partition coefficient (Wildman–Crippen LogP) is 1.16. The molecule has 3 nitrogen and oxygen atoms in total. The van der Waals surface area contributed by atoms with Crippen LogP contribution in [0.25, 0.3) is 0 Å². The number of carbonyl (C=O) groups is 1. The van der Waals surface area contributed by atoms with Crippen LogP contribution in [0.4, 0.5) is 0 Å². The molecule has 0 unspecified atom stereocenters. The van der Waals surface area contributed by atoms with Crippen LogP contribution in [0.3, 0.4) is 0 Å². The molecule has 3 N–H and O–H groups in total. The zero-order valence-corrected chi connectivity index (χ0v) is 11.2. The van der Waals surface area contributed by atoms with Gasteiger partial charge in [0.15, 0.2) is 0 Å². The molecule has 0 rings (SSSR count). The topological polar surface area (TPSA) is 63.3 Å². The average molecular weight is 297 g/mol. The summed E-state index contributed by atoms with van der Waals surface area (Å²) < 4.78 is 2.55. The molecule has 0 aliphatic rings. The number of nitrogens with two attached hydrogens (primary N) is 1. The Labute approximate surface area is 83.3 Å². The molecular weight excluding hydrogens is 281 g/mol. The SMILES string of the molecule is C[CH2][Sn]([CH2]C)[S]C[C@H](N)C(=O)O. The molecule has 0 aliphatic carbocycles. The van der Waals surface area contributed by atoms with Gasteiger partial charge >= 0.3 is 83.4 Å². The molecule has 5 heteroatoms. The van der Waals surface area contributed by atoms with E-state index in [0.29, 0.717) is 5.75 Å². The van der Waals surface area contributed by atoms with E-state index in [1.54, 1.807) is 0 Å². The van der Waals surface area contributed by atoms with E-state index in [1.807, 2.05) is 8.95 Å². The van der Waals surface area contributed by atoms with E-state index in [1.165, 1.54) is 8.87 Å². The minimum atomic E-state index is -1.24. The summed E-state index contributed by atoms with van der Waals surface area (Å²) in [5.41, 5.74) is 5.39. The summed E-state index contributed by atoms with van der Waals surface area (Å²) in [7, 11) is 1.85. The van der Waals surface area contributed by atoms with Gasteiger partial charge in [0.1, 0.15) is 0 Å². The van der Waals surface area contributed by atoms with Crippen molar-refractivity contribution in [2.45, 2.75) is 28.8 Å². The summed E-state index contributed by atoms with van der Waals surface area (Å²) in [4.78, 5) is 10.4. The second-order valence-electron chi connectivity index (χ2n) is 2.50. The Morgan fingerprint density at radius 1 is 1.58 bits per heavy atom. The Morgan fingerprint density at radius 2 is 2.08 bits per heavy atom. The maximum absolute atomic E-state index is 10.4. The molecule has 0 bridgehead atoms. The Hall–Kier alpha value is 0.579. The van der Waals surface area contributed by atoms with Gasteiger partial charge in [0.25, 0.3) is 0 Å². The Morgan fingerprint density at radius 3 is 2.42 bits per heavy atom. The van der Waals surface area contributed by atoms with Gasteiger partial charge in [-0.25, -0.2) is 0 Å². The number of aliphatic carboxylic acids is 1. The van der Waals surface area contributed by atoms with Crippen molar-refractivity contribution in [2.24, 2.45) is 5.73 Å². The zero-order chi connectivity index (χ0) is 9.56. The van der Waals surface area contributed by atoms with Crippen LogP contribution in [0.2, 0.25) is 8.87 Å². The van der Waals surface area contributed by atoms with Crippen LogP contribution in [0.5, 0.6) is 0 Å². The molecular formula is C7H16NO2SSn. The van der Waals surface area contributed by atoms with Crippen molar-refractivity contribution < 1.29 is 9.90 Å². The summed E-state index contributed by atoms with van der Waals surface area (Å²) in [6, 6.07) is -0.663. The molecule has 1 atom stereocenters. The van der Waals surface area contributed by atoms with Crippen molar-refractivity contribution in [3.63, 3.8) is 0 Å². The molecule has 0 aromatic heterocycles. The summed E-state index contributed by atoms with van der Waals surface area (Å²) in [5.74, 6) is -0.274. The fraction of sp³-hybridized carbons (Fsp3) is 0.857. The van der Waals surface area contributed by atoms with E-state index in [4.69, 9.17) is 10.8 Å². The van der Waals surface area contributed by atoms with Crippen LogP contribution in [-0.4, -0.2) is 41.2 Å². The molecule has 0 saturated heterocycles. The van der Waals surface area contributed by atoms with Crippen molar-refractivity contribution in [2.75, 3.05) is 5.75 Å². The average Bonchev–Trinajstić information content (AvgIpc) is 2.05. The molecule has 0 amide bonds. The van der Waals surface area contributed by atoms with E-state index in [-0.39, 0.29) is 0 Å². The van der Waals surface area contributed by atoms with Gasteiger partial charge < -0.3 is 0 Å². The first-order chi connectivity index (χ1) is 5.61. The third kappa shape index (κ3) is 5.26. The van der Waals surface area contributed by atoms with Crippen molar-refractivity contribution in [1.29, 1.82) is 0 Å². The van der Waals surface area contributed by atoms with Crippen molar-refractivity contribution in [1.82, 2.24) is 0 Å². The molecule has 1 radical (unpaired) electrons. The number of rotatable bonds is 6. The second-order valence-corrected chi connectivity index (χ2v) is 16.6. The van der Waals surface area contributed by atoms with E-state index < -0.39 is 30.4 Å². The summed E-state index contributed by atoms with van der Waals surface area (Å²) in [6.07, 6.45) is 0. The quantitative estimate of drug-likeness (QED) is 0.722. The Bertz CT molecular complexity index is 141. The molecule has 0 saturated carbocycles. The Balaban J connectivity index is 3.58. The van der Waals surface area contributed by atoms with Crippen LogP contribution in [-0.2, 0) is 4.79 Å². The molecule has 0 aromatic rings. The molecule has 0 aromatic carbocycles. The second kappa shape index (κ2) is 7.03. The van der Waals surface area contributed by atoms with Gasteiger partial charge in [-0.15, -0.1) is 0 Å². The summed E-state index contributed by atoms with van der Waals surface area (Å²) >= 11 is -1.24. The first-order valence-electron chi connectivity index (χ1n) is 4.07. The molecule has 71 valence electrons. The fourth-order valence-corrected chi connectivity index (χ4v) is 10.2. The van der Waals surface area contributed by atoms with Crippen LogP contribution in [0, 0.1) is 0 Å². The van der Waals surface area contributed by atoms with Crippen LogP contribution in [0.1, 0.15) is 13.8 Å². The molecule has 12 heavy (non-hydrogen) atoms. The molecule has 0 spiro atoms. The number of hydrogen-bond acceptors (Lipinski definition) is 3. The van der Waals surface area contributed by atoms with E-state index in [2.05, 4.69) is 13.8 Å². The van der Waals surface area contributed by atoms with E-state index >= 15 is 0 Å². The maximum atomic E-state index is 10.4. The van der Waals surface area contributed by atoms with Gasteiger partial charge in [-0.2, -0.15) is 0 Å². The Kier molecular flexibility index (Phi) is 7.37. The van der Waals surface area contributed by atoms with Crippen molar-refractivity contribution in [3.05, 3.63) is 0 Å². The first kappa shape index (κ1) is 12.6. The summed E-state index contributed by atoms with van der Waals surface area (Å²) in [5, 5.41) is 8.52. The third-order valence-electron chi connectivity index (χ3n) is 1.57.